The molecule has 7 nitrogen and oxygen atoms in total. The molecular formula is C9H7N5O2. The van der Waals surface area contributed by atoms with Crippen LogP contribution in [-0.2, 0) is 0 Å². The second-order valence-electron chi connectivity index (χ2n) is 2.94. The number of nitrogens with zero attached hydrogens (tertiary/aromatic N) is 5. The first kappa shape index (κ1) is 9.97. The molecule has 0 aliphatic carbocycles. The van der Waals surface area contributed by atoms with Crippen molar-refractivity contribution in [1.29, 1.82) is 0 Å². The zero-order valence-electron chi connectivity index (χ0n) is 8.09. The van der Waals surface area contributed by atoms with Gasteiger partial charge in [-0.3, -0.25) is 10.1 Å². The van der Waals surface area contributed by atoms with Gasteiger partial charge in [0.1, 0.15) is 12.7 Å². The molecule has 0 unspecified atom stereocenters. The van der Waals surface area contributed by atoms with Gasteiger partial charge in [0.25, 0.3) is 5.69 Å². The highest BCUT2D eigenvalue weighted by atomic mass is 16.6. The minimum atomic E-state index is -0.444. The van der Waals surface area contributed by atoms with Crippen LogP contribution >= 0.6 is 0 Å². The molecule has 16 heavy (non-hydrogen) atoms. The van der Waals surface area contributed by atoms with Crippen LogP contribution in [0.5, 0.6) is 0 Å². The average molecular weight is 217 g/mol. The van der Waals surface area contributed by atoms with E-state index in [0.717, 1.165) is 5.56 Å². The van der Waals surface area contributed by atoms with Gasteiger partial charge in [0.15, 0.2) is 0 Å². The largest absolute Gasteiger partial charge is 0.269 e. The molecule has 2 aromatic rings. The van der Waals surface area contributed by atoms with Gasteiger partial charge in [-0.2, -0.15) is 5.10 Å². The van der Waals surface area contributed by atoms with E-state index in [1.807, 2.05) is 0 Å². The monoisotopic (exact) mass is 217 g/mol. The molecule has 80 valence electrons. The van der Waals surface area contributed by atoms with Crippen molar-refractivity contribution in [2.75, 3.05) is 0 Å². The lowest BCUT2D eigenvalue weighted by Crippen LogP contribution is -1.90. The summed E-state index contributed by atoms with van der Waals surface area (Å²) in [5.41, 5.74) is 0.820. The Morgan fingerprint density at radius 3 is 2.44 bits per heavy atom. The summed E-state index contributed by atoms with van der Waals surface area (Å²) >= 11 is 0. The molecule has 0 N–H and O–H groups in total. The van der Waals surface area contributed by atoms with Crippen LogP contribution in [-0.4, -0.2) is 26.0 Å². The van der Waals surface area contributed by atoms with Crippen LogP contribution in [0.15, 0.2) is 42.0 Å². The SMILES string of the molecule is O=[N+]([O-])c1ccc(/C=N\n2cnnc2)cc1. The quantitative estimate of drug-likeness (QED) is 0.437. The third-order valence-corrected chi connectivity index (χ3v) is 1.85. The summed E-state index contributed by atoms with van der Waals surface area (Å²) in [6.45, 7) is 0. The van der Waals surface area contributed by atoms with Crippen LogP contribution in [0.2, 0.25) is 0 Å². The van der Waals surface area contributed by atoms with Crippen LogP contribution in [0.1, 0.15) is 5.56 Å². The number of benzene rings is 1. The lowest BCUT2D eigenvalue weighted by Gasteiger charge is -1.93. The molecule has 1 aromatic heterocycles. The Kier molecular flexibility index (Phi) is 2.68. The van der Waals surface area contributed by atoms with E-state index in [-0.39, 0.29) is 5.69 Å². The number of nitro benzene ring substituents is 1. The third kappa shape index (κ3) is 2.27. The molecule has 0 spiro atoms. The molecular weight excluding hydrogens is 210 g/mol. The summed E-state index contributed by atoms with van der Waals surface area (Å²) in [5.74, 6) is 0. The van der Waals surface area contributed by atoms with Gasteiger partial charge in [-0.15, -0.1) is 10.2 Å². The molecule has 0 aliphatic heterocycles. The van der Waals surface area contributed by atoms with Crippen LogP contribution in [0.25, 0.3) is 0 Å². The Morgan fingerprint density at radius 2 is 1.88 bits per heavy atom. The van der Waals surface area contributed by atoms with Crippen LogP contribution in [0.3, 0.4) is 0 Å². The molecule has 1 heterocycles. The van der Waals surface area contributed by atoms with Gasteiger partial charge in [-0.05, 0) is 17.7 Å². The van der Waals surface area contributed by atoms with Crippen LogP contribution in [0, 0.1) is 10.1 Å². The van der Waals surface area contributed by atoms with Crippen LogP contribution in [0.4, 0.5) is 5.69 Å². The van der Waals surface area contributed by atoms with Crippen molar-refractivity contribution in [2.45, 2.75) is 0 Å². The third-order valence-electron chi connectivity index (χ3n) is 1.85. The standard InChI is InChI=1S/C9H7N5O2/c15-14(16)9-3-1-8(2-4-9)5-12-13-6-10-11-7-13/h1-7H/b12-5-. The second kappa shape index (κ2) is 4.30. The van der Waals surface area contributed by atoms with Gasteiger partial charge >= 0.3 is 0 Å². The fourth-order valence-corrected chi connectivity index (χ4v) is 1.07. The molecule has 0 radical (unpaired) electrons. The van der Waals surface area contributed by atoms with E-state index >= 15 is 0 Å². The van der Waals surface area contributed by atoms with Crippen molar-refractivity contribution in [3.63, 3.8) is 0 Å². The summed E-state index contributed by atoms with van der Waals surface area (Å²) < 4.78 is 1.43. The maximum absolute atomic E-state index is 10.4. The normalized spacial score (nSPS) is 10.8. The van der Waals surface area contributed by atoms with E-state index < -0.39 is 4.92 Å². The summed E-state index contributed by atoms with van der Waals surface area (Å²) in [6, 6.07) is 6.08. The molecule has 0 aliphatic rings. The van der Waals surface area contributed by atoms with E-state index in [9.17, 15) is 10.1 Å². The van der Waals surface area contributed by atoms with Gasteiger partial charge in [0, 0.05) is 12.1 Å². The number of hydrogen-bond donors (Lipinski definition) is 0. The molecule has 0 saturated heterocycles. The Bertz CT molecular complexity index is 503. The van der Waals surface area contributed by atoms with Gasteiger partial charge in [-0.25, -0.2) is 4.68 Å². The van der Waals surface area contributed by atoms with Crippen molar-refractivity contribution in [2.24, 2.45) is 5.10 Å². The molecule has 0 amide bonds. The zero-order valence-corrected chi connectivity index (χ0v) is 8.09. The van der Waals surface area contributed by atoms with E-state index in [0.29, 0.717) is 0 Å². The molecule has 2 rings (SSSR count). The van der Waals surface area contributed by atoms with Gasteiger partial charge < -0.3 is 0 Å². The highest BCUT2D eigenvalue weighted by Gasteiger charge is 2.02. The average Bonchev–Trinajstić information content (AvgIpc) is 2.80. The van der Waals surface area contributed by atoms with E-state index in [1.54, 1.807) is 18.3 Å². The predicted molar refractivity (Wildman–Crippen MR) is 56.1 cm³/mol. The highest BCUT2D eigenvalue weighted by molar-refractivity contribution is 5.79. The van der Waals surface area contributed by atoms with Crippen molar-refractivity contribution < 1.29 is 4.92 Å². The molecule has 0 saturated carbocycles. The maximum atomic E-state index is 10.4. The smallest absolute Gasteiger partial charge is 0.258 e. The molecule has 1 aromatic carbocycles. The van der Waals surface area contributed by atoms with Crippen molar-refractivity contribution in [1.82, 2.24) is 14.9 Å². The number of non-ortho nitro benzene ring substituents is 1. The number of nitro groups is 1. The zero-order chi connectivity index (χ0) is 11.4. The lowest BCUT2D eigenvalue weighted by atomic mass is 10.2. The molecule has 0 atom stereocenters. The van der Waals surface area contributed by atoms with E-state index in [1.165, 1.54) is 29.5 Å². The minimum Gasteiger partial charge on any atom is -0.258 e. The summed E-state index contributed by atoms with van der Waals surface area (Å²) in [6.07, 6.45) is 4.46. The Morgan fingerprint density at radius 1 is 1.25 bits per heavy atom. The number of hydrogen-bond acceptors (Lipinski definition) is 5. The fourth-order valence-electron chi connectivity index (χ4n) is 1.07. The second-order valence-corrected chi connectivity index (χ2v) is 2.94. The van der Waals surface area contributed by atoms with Crippen LogP contribution < -0.4 is 0 Å². The first-order valence-electron chi connectivity index (χ1n) is 4.39. The molecule has 0 fully saturated rings. The number of aromatic nitrogens is 3. The highest BCUT2D eigenvalue weighted by Crippen LogP contribution is 2.10. The summed E-state index contributed by atoms with van der Waals surface area (Å²) in [7, 11) is 0. The molecule has 7 heteroatoms. The van der Waals surface area contributed by atoms with Crippen molar-refractivity contribution in [3.8, 4) is 0 Å². The minimum absolute atomic E-state index is 0.0569. The summed E-state index contributed by atoms with van der Waals surface area (Å²) in [4.78, 5) is 9.96. The summed E-state index contributed by atoms with van der Waals surface area (Å²) in [5, 5.41) is 21.6. The van der Waals surface area contributed by atoms with Crippen molar-refractivity contribution in [3.05, 3.63) is 52.6 Å². The van der Waals surface area contributed by atoms with Crippen molar-refractivity contribution >= 4 is 11.9 Å². The lowest BCUT2D eigenvalue weighted by molar-refractivity contribution is -0.384. The Hall–Kier alpha value is -2.57. The van der Waals surface area contributed by atoms with Gasteiger partial charge in [-0.1, -0.05) is 0 Å². The molecule has 0 bridgehead atoms. The predicted octanol–water partition coefficient (Wildman–Crippen LogP) is 1.07. The van der Waals surface area contributed by atoms with E-state index in [4.69, 9.17) is 0 Å². The first-order chi connectivity index (χ1) is 7.75. The fraction of sp³-hybridized carbons (Fsp3) is 0. The van der Waals surface area contributed by atoms with E-state index in [2.05, 4.69) is 15.3 Å². The van der Waals surface area contributed by atoms with Gasteiger partial charge in [0.05, 0.1) is 11.1 Å². The van der Waals surface area contributed by atoms with Gasteiger partial charge in [0.2, 0.25) is 0 Å². The Labute approximate surface area is 90.2 Å². The number of rotatable bonds is 3. The maximum Gasteiger partial charge on any atom is 0.269 e. The topological polar surface area (TPSA) is 86.2 Å². The first-order valence-corrected chi connectivity index (χ1v) is 4.39. The Balaban J connectivity index is 2.14.